The summed E-state index contributed by atoms with van der Waals surface area (Å²) in [5, 5.41) is 4.72. The number of aromatic nitrogens is 2. The van der Waals surface area contributed by atoms with Gasteiger partial charge in [0, 0.05) is 49.0 Å². The normalized spacial score (nSPS) is 20.7. The summed E-state index contributed by atoms with van der Waals surface area (Å²) < 4.78 is 21.6. The molecule has 188 valence electrons. The molecule has 1 aliphatic carbocycles. The Labute approximate surface area is 211 Å². The molecule has 0 N–H and O–H groups in total. The second-order valence-corrected chi connectivity index (χ2v) is 9.98. The predicted molar refractivity (Wildman–Crippen MR) is 137 cm³/mol. The first-order valence-corrected chi connectivity index (χ1v) is 13.1. The van der Waals surface area contributed by atoms with Gasteiger partial charge in [-0.2, -0.15) is 17.7 Å². The zero-order valence-electron chi connectivity index (χ0n) is 20.2. The van der Waals surface area contributed by atoms with Gasteiger partial charge in [-0.15, -0.1) is 0 Å². The third-order valence-electron chi connectivity index (χ3n) is 6.64. The van der Waals surface area contributed by atoms with E-state index in [0.717, 1.165) is 49.9 Å². The largest absolute Gasteiger partial charge is 0.466 e. The summed E-state index contributed by atoms with van der Waals surface area (Å²) >= 11 is 4.79. The summed E-state index contributed by atoms with van der Waals surface area (Å²) in [5.74, 6) is -0.319. The van der Waals surface area contributed by atoms with Crippen LogP contribution in [0.3, 0.4) is 0 Å². The summed E-state index contributed by atoms with van der Waals surface area (Å²) in [4.78, 5) is 26.8. The van der Waals surface area contributed by atoms with Gasteiger partial charge in [0.1, 0.15) is 5.82 Å². The van der Waals surface area contributed by atoms with Crippen LogP contribution in [0.4, 0.5) is 4.39 Å². The number of esters is 1. The number of aryl methyl sites for hydroxylation is 1. The highest BCUT2D eigenvalue weighted by Crippen LogP contribution is 2.39. The van der Waals surface area contributed by atoms with Gasteiger partial charge in [0.2, 0.25) is 0 Å². The SMILES string of the molecule is CCOC(=O)CCCCn1ccc(/C=C2/CN(C(C(=O)C3CC3)c3ccccc3F)CCC2S)n1. The van der Waals surface area contributed by atoms with Gasteiger partial charge in [0.15, 0.2) is 5.78 Å². The number of likely N-dealkylation sites (tertiary alicyclic amines) is 1. The van der Waals surface area contributed by atoms with Crippen LogP contribution in [0.1, 0.15) is 62.7 Å². The van der Waals surface area contributed by atoms with Gasteiger partial charge in [0.25, 0.3) is 0 Å². The van der Waals surface area contributed by atoms with Crippen molar-refractivity contribution in [3.05, 3.63) is 59.2 Å². The van der Waals surface area contributed by atoms with E-state index in [1.54, 1.807) is 18.2 Å². The molecule has 0 spiro atoms. The number of ether oxygens (including phenoxy) is 1. The molecule has 0 amide bonds. The number of hydrogen-bond donors (Lipinski definition) is 1. The highest BCUT2D eigenvalue weighted by Gasteiger charge is 2.40. The first-order chi connectivity index (χ1) is 17.0. The fraction of sp³-hybridized carbons (Fsp3) is 0.519. The zero-order chi connectivity index (χ0) is 24.8. The Morgan fingerprint density at radius 1 is 1.23 bits per heavy atom. The Morgan fingerprint density at radius 2 is 2.03 bits per heavy atom. The van der Waals surface area contributed by atoms with Crippen LogP contribution in [0.15, 0.2) is 42.1 Å². The molecule has 1 saturated heterocycles. The number of piperidine rings is 1. The van der Waals surface area contributed by atoms with Crippen molar-refractivity contribution in [2.45, 2.75) is 63.3 Å². The molecule has 8 heteroatoms. The number of hydrogen-bond acceptors (Lipinski definition) is 6. The lowest BCUT2D eigenvalue weighted by Gasteiger charge is -2.37. The van der Waals surface area contributed by atoms with E-state index in [1.807, 2.05) is 29.9 Å². The topological polar surface area (TPSA) is 64.4 Å². The van der Waals surface area contributed by atoms with E-state index in [1.165, 1.54) is 6.07 Å². The third kappa shape index (κ3) is 6.82. The fourth-order valence-electron chi connectivity index (χ4n) is 4.62. The maximum atomic E-state index is 14.7. The van der Waals surface area contributed by atoms with Gasteiger partial charge in [0.05, 0.1) is 18.3 Å². The van der Waals surface area contributed by atoms with Crippen molar-refractivity contribution in [3.8, 4) is 0 Å². The minimum atomic E-state index is -0.565. The highest BCUT2D eigenvalue weighted by molar-refractivity contribution is 7.81. The van der Waals surface area contributed by atoms with Crippen LogP contribution in [0.25, 0.3) is 6.08 Å². The van der Waals surface area contributed by atoms with E-state index in [0.29, 0.717) is 31.7 Å². The molecule has 0 bridgehead atoms. The first kappa shape index (κ1) is 25.6. The second-order valence-electron chi connectivity index (χ2n) is 9.36. The van der Waals surface area contributed by atoms with Crippen LogP contribution in [0, 0.1) is 11.7 Å². The molecule has 1 aromatic carbocycles. The Morgan fingerprint density at radius 3 is 2.77 bits per heavy atom. The fourth-order valence-corrected chi connectivity index (χ4v) is 4.89. The van der Waals surface area contributed by atoms with E-state index in [-0.39, 0.29) is 28.7 Å². The summed E-state index contributed by atoms with van der Waals surface area (Å²) in [6.45, 7) is 4.19. The number of ketones is 1. The molecule has 35 heavy (non-hydrogen) atoms. The molecule has 2 aromatic rings. The molecule has 1 saturated carbocycles. The molecule has 2 aliphatic rings. The van der Waals surface area contributed by atoms with E-state index in [9.17, 15) is 14.0 Å². The third-order valence-corrected chi connectivity index (χ3v) is 7.23. The van der Waals surface area contributed by atoms with Crippen LogP contribution in [-0.2, 0) is 20.9 Å². The molecule has 1 aromatic heterocycles. The molecule has 2 fully saturated rings. The van der Waals surface area contributed by atoms with Crippen molar-refractivity contribution < 1.29 is 18.7 Å². The molecule has 2 unspecified atom stereocenters. The van der Waals surface area contributed by atoms with Crippen molar-refractivity contribution in [2.24, 2.45) is 5.92 Å². The van der Waals surface area contributed by atoms with Gasteiger partial charge >= 0.3 is 5.97 Å². The number of rotatable bonds is 11. The summed E-state index contributed by atoms with van der Waals surface area (Å²) in [7, 11) is 0. The molecule has 2 heterocycles. The van der Waals surface area contributed by atoms with Crippen molar-refractivity contribution in [3.63, 3.8) is 0 Å². The minimum Gasteiger partial charge on any atom is -0.466 e. The van der Waals surface area contributed by atoms with Crippen LogP contribution < -0.4 is 0 Å². The average Bonchev–Trinajstić information content (AvgIpc) is 3.60. The lowest BCUT2D eigenvalue weighted by atomic mass is 9.93. The molecular weight excluding hydrogens is 465 g/mol. The van der Waals surface area contributed by atoms with Crippen molar-refractivity contribution in [1.29, 1.82) is 0 Å². The number of benzene rings is 1. The van der Waals surface area contributed by atoms with Crippen LogP contribution in [-0.4, -0.2) is 51.4 Å². The van der Waals surface area contributed by atoms with Gasteiger partial charge in [-0.3, -0.25) is 19.2 Å². The number of carbonyl (C=O) groups is 2. The summed E-state index contributed by atoms with van der Waals surface area (Å²) in [6.07, 6.45) is 8.57. The number of Topliss-reactive ketones (excluding diaryl/α,β-unsaturated/α-hetero) is 1. The zero-order valence-corrected chi connectivity index (χ0v) is 21.1. The van der Waals surface area contributed by atoms with Crippen LogP contribution >= 0.6 is 12.6 Å². The lowest BCUT2D eigenvalue weighted by Crippen LogP contribution is -2.42. The Hall–Kier alpha value is -2.45. The van der Waals surface area contributed by atoms with E-state index in [2.05, 4.69) is 10.00 Å². The Balaban J connectivity index is 1.43. The highest BCUT2D eigenvalue weighted by atomic mass is 32.1. The maximum absolute atomic E-state index is 14.7. The Bertz CT molecular complexity index is 1070. The molecule has 0 radical (unpaired) electrons. The summed E-state index contributed by atoms with van der Waals surface area (Å²) in [6, 6.07) is 8.03. The number of thiol groups is 1. The van der Waals surface area contributed by atoms with Gasteiger partial charge in [-0.05, 0) is 62.8 Å². The number of unbranched alkanes of at least 4 members (excludes halogenated alkanes) is 1. The number of carbonyl (C=O) groups excluding carboxylic acids is 2. The minimum absolute atomic E-state index is 0.0419. The van der Waals surface area contributed by atoms with E-state index >= 15 is 0 Å². The second kappa shape index (κ2) is 12.0. The van der Waals surface area contributed by atoms with Crippen molar-refractivity contribution in [1.82, 2.24) is 14.7 Å². The molecule has 4 rings (SSSR count). The molecular formula is C27H34FN3O3S. The van der Waals surface area contributed by atoms with Crippen molar-refractivity contribution >= 4 is 30.5 Å². The molecule has 1 aliphatic heterocycles. The maximum Gasteiger partial charge on any atom is 0.305 e. The standard InChI is InChI=1S/C27H34FN3O3S/c1-2-34-25(32)9-5-6-14-31-16-12-21(29-31)17-20-18-30(15-13-24(20)35)26(27(33)19-10-11-19)22-7-3-4-8-23(22)28/h3-4,7-8,12,16-17,19,24,26,35H,2,5-6,9-11,13-15,18H2,1H3/b20-17-. The average molecular weight is 500 g/mol. The van der Waals surface area contributed by atoms with Crippen LogP contribution in [0.2, 0.25) is 0 Å². The Kier molecular flexibility index (Phi) is 8.78. The van der Waals surface area contributed by atoms with Crippen LogP contribution in [0.5, 0.6) is 0 Å². The van der Waals surface area contributed by atoms with Crippen molar-refractivity contribution in [2.75, 3.05) is 19.7 Å². The molecule has 2 atom stereocenters. The summed E-state index contributed by atoms with van der Waals surface area (Å²) in [5.41, 5.74) is 2.38. The first-order valence-electron chi connectivity index (χ1n) is 12.6. The smallest absolute Gasteiger partial charge is 0.305 e. The van der Waals surface area contributed by atoms with Gasteiger partial charge < -0.3 is 4.74 Å². The lowest BCUT2D eigenvalue weighted by molar-refractivity contribution is -0.143. The number of nitrogens with zero attached hydrogens (tertiary/aromatic N) is 3. The van der Waals surface area contributed by atoms with E-state index < -0.39 is 6.04 Å². The van der Waals surface area contributed by atoms with E-state index in [4.69, 9.17) is 17.4 Å². The molecule has 6 nitrogen and oxygen atoms in total. The van der Waals surface area contributed by atoms with Gasteiger partial charge in [-0.1, -0.05) is 18.2 Å². The quantitative estimate of drug-likeness (QED) is 0.272. The monoisotopic (exact) mass is 499 g/mol. The number of halogens is 1. The van der Waals surface area contributed by atoms with Gasteiger partial charge in [-0.25, -0.2) is 4.39 Å². The predicted octanol–water partition coefficient (Wildman–Crippen LogP) is 4.86.